The quantitative estimate of drug-likeness (QED) is 0.902. The average Bonchev–Trinajstić information content (AvgIpc) is 2.39. The van der Waals surface area contributed by atoms with E-state index in [-0.39, 0.29) is 6.04 Å². The van der Waals surface area contributed by atoms with Gasteiger partial charge in [0, 0.05) is 25.6 Å². The lowest BCUT2D eigenvalue weighted by atomic mass is 9.98. The summed E-state index contributed by atoms with van der Waals surface area (Å²) in [6.45, 7) is 5.94. The maximum atomic E-state index is 11.9. The standard InChI is InChI=1S/C16H24N2O/c1-12-7-8-14(13(2)10-12)15(17-3)11-18-9-5-4-6-16(18)19/h7-8,10,15,17H,4-6,9,11H2,1-3H3. The number of nitrogens with one attached hydrogen (secondary N) is 1. The summed E-state index contributed by atoms with van der Waals surface area (Å²) in [5.41, 5.74) is 3.88. The Hall–Kier alpha value is -1.35. The molecule has 1 aliphatic rings. The van der Waals surface area contributed by atoms with Crippen molar-refractivity contribution in [3.05, 3.63) is 34.9 Å². The van der Waals surface area contributed by atoms with Crippen LogP contribution in [0.4, 0.5) is 0 Å². The van der Waals surface area contributed by atoms with Crippen LogP contribution in [0.2, 0.25) is 0 Å². The van der Waals surface area contributed by atoms with Crippen LogP contribution in [0.1, 0.15) is 42.0 Å². The number of likely N-dealkylation sites (tertiary alicyclic amines) is 1. The highest BCUT2D eigenvalue weighted by Gasteiger charge is 2.22. The third-order valence-electron chi connectivity index (χ3n) is 3.97. The van der Waals surface area contributed by atoms with Crippen LogP contribution in [-0.2, 0) is 4.79 Å². The number of amides is 1. The predicted octanol–water partition coefficient (Wildman–Crippen LogP) is 2.58. The Bertz CT molecular complexity index is 456. The van der Waals surface area contributed by atoms with Gasteiger partial charge in [-0.2, -0.15) is 0 Å². The molecule has 1 amide bonds. The Morgan fingerprint density at radius 2 is 2.11 bits per heavy atom. The molecule has 0 saturated carbocycles. The third kappa shape index (κ3) is 3.35. The van der Waals surface area contributed by atoms with Crippen LogP contribution in [0.25, 0.3) is 0 Å². The summed E-state index contributed by atoms with van der Waals surface area (Å²) in [6, 6.07) is 6.76. The molecule has 1 atom stereocenters. The molecule has 1 aromatic rings. The van der Waals surface area contributed by atoms with Gasteiger partial charge in [0.1, 0.15) is 0 Å². The summed E-state index contributed by atoms with van der Waals surface area (Å²) in [7, 11) is 1.97. The first kappa shape index (κ1) is 14.1. The summed E-state index contributed by atoms with van der Waals surface area (Å²) in [5.74, 6) is 0.302. The second-order valence-electron chi connectivity index (χ2n) is 5.50. The number of hydrogen-bond acceptors (Lipinski definition) is 2. The number of benzene rings is 1. The molecule has 104 valence electrons. The lowest BCUT2D eigenvalue weighted by Gasteiger charge is -2.31. The van der Waals surface area contributed by atoms with Crippen molar-refractivity contribution in [2.75, 3.05) is 20.1 Å². The van der Waals surface area contributed by atoms with Gasteiger partial charge in [-0.25, -0.2) is 0 Å². The minimum absolute atomic E-state index is 0.225. The largest absolute Gasteiger partial charge is 0.341 e. The van der Waals surface area contributed by atoms with Gasteiger partial charge in [-0.05, 0) is 44.9 Å². The van der Waals surface area contributed by atoms with Gasteiger partial charge < -0.3 is 10.2 Å². The maximum absolute atomic E-state index is 11.9. The molecule has 1 saturated heterocycles. The van der Waals surface area contributed by atoms with Crippen LogP contribution in [0.15, 0.2) is 18.2 Å². The summed E-state index contributed by atoms with van der Waals surface area (Å²) < 4.78 is 0. The molecule has 19 heavy (non-hydrogen) atoms. The van der Waals surface area contributed by atoms with Gasteiger partial charge in [0.05, 0.1) is 0 Å². The first-order valence-electron chi connectivity index (χ1n) is 7.14. The minimum Gasteiger partial charge on any atom is -0.341 e. The van der Waals surface area contributed by atoms with Crippen molar-refractivity contribution in [3.8, 4) is 0 Å². The van der Waals surface area contributed by atoms with Crippen LogP contribution >= 0.6 is 0 Å². The molecule has 0 aliphatic carbocycles. The van der Waals surface area contributed by atoms with Crippen LogP contribution < -0.4 is 5.32 Å². The first-order chi connectivity index (χ1) is 9.11. The molecular formula is C16H24N2O. The van der Waals surface area contributed by atoms with Crippen molar-refractivity contribution in [2.45, 2.75) is 39.2 Å². The number of likely N-dealkylation sites (N-methyl/N-ethyl adjacent to an activating group) is 1. The first-order valence-corrected chi connectivity index (χ1v) is 7.14. The SMILES string of the molecule is CNC(CN1CCCCC1=O)c1ccc(C)cc1C. The van der Waals surface area contributed by atoms with E-state index >= 15 is 0 Å². The smallest absolute Gasteiger partial charge is 0.222 e. The zero-order valence-electron chi connectivity index (χ0n) is 12.2. The number of aryl methyl sites for hydroxylation is 2. The van der Waals surface area contributed by atoms with Crippen LogP contribution in [0.5, 0.6) is 0 Å². The second kappa shape index (κ2) is 6.20. The van der Waals surface area contributed by atoms with Gasteiger partial charge in [0.25, 0.3) is 0 Å². The highest BCUT2D eigenvalue weighted by atomic mass is 16.2. The molecule has 0 bridgehead atoms. The molecule has 3 nitrogen and oxygen atoms in total. The number of nitrogens with zero attached hydrogens (tertiary/aromatic N) is 1. The predicted molar refractivity (Wildman–Crippen MR) is 78.1 cm³/mol. The zero-order valence-corrected chi connectivity index (χ0v) is 12.2. The maximum Gasteiger partial charge on any atom is 0.222 e. The number of carbonyl (C=O) groups is 1. The molecule has 0 radical (unpaired) electrons. The average molecular weight is 260 g/mol. The molecule has 1 fully saturated rings. The third-order valence-corrected chi connectivity index (χ3v) is 3.97. The van der Waals surface area contributed by atoms with E-state index in [9.17, 15) is 4.79 Å². The summed E-state index contributed by atoms with van der Waals surface area (Å²) in [6.07, 6.45) is 2.89. The highest BCUT2D eigenvalue weighted by Crippen LogP contribution is 2.21. The Balaban J connectivity index is 2.13. The molecule has 0 spiro atoms. The molecule has 3 heteroatoms. The van der Waals surface area contributed by atoms with Gasteiger partial charge in [-0.15, -0.1) is 0 Å². The summed E-state index contributed by atoms with van der Waals surface area (Å²) in [5, 5.41) is 3.35. The van der Waals surface area contributed by atoms with Crippen LogP contribution in [0, 0.1) is 13.8 Å². The van der Waals surface area contributed by atoms with E-state index in [1.165, 1.54) is 16.7 Å². The van der Waals surface area contributed by atoms with E-state index in [1.54, 1.807) is 0 Å². The fraction of sp³-hybridized carbons (Fsp3) is 0.562. The Morgan fingerprint density at radius 3 is 2.74 bits per heavy atom. The topological polar surface area (TPSA) is 32.3 Å². The van der Waals surface area contributed by atoms with E-state index in [4.69, 9.17) is 0 Å². The van der Waals surface area contributed by atoms with E-state index in [1.807, 2.05) is 11.9 Å². The Labute approximate surface area is 116 Å². The minimum atomic E-state index is 0.225. The molecule has 1 heterocycles. The second-order valence-corrected chi connectivity index (χ2v) is 5.50. The lowest BCUT2D eigenvalue weighted by Crippen LogP contribution is -2.41. The van der Waals surface area contributed by atoms with Crippen LogP contribution in [0.3, 0.4) is 0 Å². The van der Waals surface area contributed by atoms with Crippen molar-refractivity contribution in [1.29, 1.82) is 0 Å². The van der Waals surface area contributed by atoms with Gasteiger partial charge in [-0.1, -0.05) is 23.8 Å². The molecule has 1 unspecified atom stereocenters. The highest BCUT2D eigenvalue weighted by molar-refractivity contribution is 5.76. The molecule has 0 aromatic heterocycles. The molecule has 2 rings (SSSR count). The number of hydrogen-bond donors (Lipinski definition) is 1. The van der Waals surface area contributed by atoms with E-state index in [2.05, 4.69) is 37.4 Å². The monoisotopic (exact) mass is 260 g/mol. The van der Waals surface area contributed by atoms with Crippen molar-refractivity contribution in [1.82, 2.24) is 10.2 Å². The van der Waals surface area contributed by atoms with Gasteiger partial charge in [-0.3, -0.25) is 4.79 Å². The molecule has 1 aromatic carbocycles. The fourth-order valence-electron chi connectivity index (χ4n) is 2.84. The zero-order chi connectivity index (χ0) is 13.8. The summed E-state index contributed by atoms with van der Waals surface area (Å²) >= 11 is 0. The number of carbonyl (C=O) groups excluding carboxylic acids is 1. The Kier molecular flexibility index (Phi) is 4.59. The molecule has 1 aliphatic heterocycles. The lowest BCUT2D eigenvalue weighted by molar-refractivity contribution is -0.133. The van der Waals surface area contributed by atoms with E-state index in [0.29, 0.717) is 12.3 Å². The number of piperidine rings is 1. The number of rotatable bonds is 4. The van der Waals surface area contributed by atoms with Crippen molar-refractivity contribution < 1.29 is 4.79 Å². The van der Waals surface area contributed by atoms with Gasteiger partial charge in [0.2, 0.25) is 5.91 Å². The van der Waals surface area contributed by atoms with Gasteiger partial charge >= 0.3 is 0 Å². The summed E-state index contributed by atoms with van der Waals surface area (Å²) in [4.78, 5) is 13.9. The Morgan fingerprint density at radius 1 is 1.32 bits per heavy atom. The van der Waals surface area contributed by atoms with Crippen molar-refractivity contribution in [2.24, 2.45) is 0 Å². The molecular weight excluding hydrogens is 236 g/mol. The van der Waals surface area contributed by atoms with Gasteiger partial charge in [0.15, 0.2) is 0 Å². The van der Waals surface area contributed by atoms with Crippen molar-refractivity contribution in [3.63, 3.8) is 0 Å². The van der Waals surface area contributed by atoms with Crippen molar-refractivity contribution >= 4 is 5.91 Å². The van der Waals surface area contributed by atoms with E-state index < -0.39 is 0 Å². The fourth-order valence-corrected chi connectivity index (χ4v) is 2.84. The van der Waals surface area contributed by atoms with E-state index in [0.717, 1.165) is 25.9 Å². The van der Waals surface area contributed by atoms with Crippen LogP contribution in [-0.4, -0.2) is 30.9 Å². The normalized spacial score (nSPS) is 17.6. The molecule has 1 N–H and O–H groups in total.